The van der Waals surface area contributed by atoms with E-state index in [1.54, 1.807) is 31.2 Å². The molecule has 0 aliphatic carbocycles. The average Bonchev–Trinajstić information content (AvgIpc) is 3.29. The van der Waals surface area contributed by atoms with Crippen LogP contribution in [0.3, 0.4) is 0 Å². The van der Waals surface area contributed by atoms with E-state index in [1.807, 2.05) is 0 Å². The molecule has 0 saturated carbocycles. The van der Waals surface area contributed by atoms with Crippen LogP contribution >= 0.6 is 11.3 Å². The monoisotopic (exact) mass is 374 g/mol. The standard InChI is InChI=1S/C18H15FN2O4S/c1-2-24-13-6-5-11(10-12(13)19)20-18(23)15-7-8-16(26-15)21-17(22)14-4-3-9-25-14/h3-10H,2H2,1H3,(H,20,23)(H,21,22). The van der Waals surface area contributed by atoms with Crippen molar-refractivity contribution in [2.75, 3.05) is 17.2 Å². The number of nitrogens with one attached hydrogen (secondary N) is 2. The molecule has 0 radical (unpaired) electrons. The van der Waals surface area contributed by atoms with E-state index >= 15 is 0 Å². The van der Waals surface area contributed by atoms with E-state index in [0.717, 1.165) is 11.3 Å². The van der Waals surface area contributed by atoms with Gasteiger partial charge in [0.2, 0.25) is 0 Å². The van der Waals surface area contributed by atoms with Crippen molar-refractivity contribution in [2.45, 2.75) is 6.92 Å². The van der Waals surface area contributed by atoms with E-state index in [1.165, 1.54) is 24.5 Å². The molecule has 26 heavy (non-hydrogen) atoms. The van der Waals surface area contributed by atoms with E-state index < -0.39 is 17.6 Å². The summed E-state index contributed by atoms with van der Waals surface area (Å²) in [5.74, 6) is -1.06. The molecule has 3 aromatic rings. The largest absolute Gasteiger partial charge is 0.491 e. The molecule has 0 saturated heterocycles. The van der Waals surface area contributed by atoms with E-state index in [9.17, 15) is 14.0 Å². The van der Waals surface area contributed by atoms with Crippen molar-refractivity contribution in [3.05, 3.63) is 65.2 Å². The van der Waals surface area contributed by atoms with Crippen LogP contribution in [0.1, 0.15) is 27.2 Å². The first-order chi connectivity index (χ1) is 12.6. The first kappa shape index (κ1) is 17.7. The van der Waals surface area contributed by atoms with Gasteiger partial charge in [-0.3, -0.25) is 9.59 Å². The lowest BCUT2D eigenvalue weighted by atomic mass is 10.3. The Kier molecular flexibility index (Phi) is 5.33. The summed E-state index contributed by atoms with van der Waals surface area (Å²) in [7, 11) is 0. The Bertz CT molecular complexity index is 921. The van der Waals surface area contributed by atoms with Crippen LogP contribution in [0.25, 0.3) is 0 Å². The second kappa shape index (κ2) is 7.83. The second-order valence-electron chi connectivity index (χ2n) is 5.13. The summed E-state index contributed by atoms with van der Waals surface area (Å²) in [4.78, 5) is 24.6. The molecular formula is C18H15FN2O4S. The molecule has 134 valence electrons. The molecule has 2 aromatic heterocycles. The van der Waals surface area contributed by atoms with Gasteiger partial charge < -0.3 is 19.8 Å². The number of carbonyl (C=O) groups is 2. The predicted octanol–water partition coefficient (Wildman–Crippen LogP) is 4.38. The number of furan rings is 1. The molecule has 0 aliphatic rings. The lowest BCUT2D eigenvalue weighted by molar-refractivity contribution is 0.0995. The summed E-state index contributed by atoms with van der Waals surface area (Å²) >= 11 is 1.10. The summed E-state index contributed by atoms with van der Waals surface area (Å²) in [5, 5.41) is 5.75. The third-order valence-corrected chi connectivity index (χ3v) is 4.30. The van der Waals surface area contributed by atoms with Gasteiger partial charge in [0.25, 0.3) is 11.8 Å². The summed E-state index contributed by atoms with van der Waals surface area (Å²) < 4.78 is 24.0. The highest BCUT2D eigenvalue weighted by atomic mass is 32.1. The highest BCUT2D eigenvalue weighted by molar-refractivity contribution is 7.18. The maximum Gasteiger partial charge on any atom is 0.291 e. The molecule has 3 rings (SSSR count). The number of thiophene rings is 1. The molecule has 0 spiro atoms. The fourth-order valence-electron chi connectivity index (χ4n) is 2.15. The van der Waals surface area contributed by atoms with Crippen LogP contribution in [0.5, 0.6) is 5.75 Å². The van der Waals surface area contributed by atoms with Gasteiger partial charge in [-0.2, -0.15) is 0 Å². The topological polar surface area (TPSA) is 80.6 Å². The normalized spacial score (nSPS) is 10.4. The predicted molar refractivity (Wildman–Crippen MR) is 96.5 cm³/mol. The lowest BCUT2D eigenvalue weighted by Crippen LogP contribution is -2.11. The summed E-state index contributed by atoms with van der Waals surface area (Å²) in [6.45, 7) is 2.11. The molecule has 2 heterocycles. The molecule has 0 bridgehead atoms. The number of ether oxygens (including phenoxy) is 1. The number of benzene rings is 1. The highest BCUT2D eigenvalue weighted by Crippen LogP contribution is 2.25. The summed E-state index contributed by atoms with van der Waals surface area (Å²) in [6, 6.07) is 10.5. The van der Waals surface area contributed by atoms with Crippen molar-refractivity contribution in [2.24, 2.45) is 0 Å². The zero-order valence-electron chi connectivity index (χ0n) is 13.7. The van der Waals surface area contributed by atoms with E-state index in [4.69, 9.17) is 9.15 Å². The fraction of sp³-hybridized carbons (Fsp3) is 0.111. The summed E-state index contributed by atoms with van der Waals surface area (Å²) in [6.07, 6.45) is 1.40. The molecule has 1 aromatic carbocycles. The van der Waals surface area contributed by atoms with Crippen LogP contribution in [0.2, 0.25) is 0 Å². The number of amides is 2. The number of anilines is 2. The zero-order chi connectivity index (χ0) is 18.5. The molecule has 8 heteroatoms. The van der Waals surface area contributed by atoms with Crippen LogP contribution in [-0.4, -0.2) is 18.4 Å². The maximum absolute atomic E-state index is 13.8. The second-order valence-corrected chi connectivity index (χ2v) is 6.21. The Hall–Kier alpha value is -3.13. The van der Waals surface area contributed by atoms with Crippen molar-refractivity contribution >= 4 is 33.8 Å². The van der Waals surface area contributed by atoms with Gasteiger partial charge in [0, 0.05) is 11.8 Å². The van der Waals surface area contributed by atoms with E-state index in [2.05, 4.69) is 10.6 Å². The van der Waals surface area contributed by atoms with Crippen molar-refractivity contribution in [3.8, 4) is 5.75 Å². The molecule has 0 aliphatic heterocycles. The molecule has 0 unspecified atom stereocenters. The first-order valence-corrected chi connectivity index (χ1v) is 8.57. The van der Waals surface area contributed by atoms with Gasteiger partial charge in [0.15, 0.2) is 17.3 Å². The Balaban J connectivity index is 1.64. The van der Waals surface area contributed by atoms with Crippen LogP contribution in [-0.2, 0) is 0 Å². The highest BCUT2D eigenvalue weighted by Gasteiger charge is 2.14. The van der Waals surface area contributed by atoms with Crippen molar-refractivity contribution in [3.63, 3.8) is 0 Å². The van der Waals surface area contributed by atoms with Gasteiger partial charge in [-0.25, -0.2) is 4.39 Å². The van der Waals surface area contributed by atoms with Gasteiger partial charge >= 0.3 is 0 Å². The zero-order valence-corrected chi connectivity index (χ0v) is 14.6. The van der Waals surface area contributed by atoms with E-state index in [0.29, 0.717) is 22.2 Å². The minimum absolute atomic E-state index is 0.129. The van der Waals surface area contributed by atoms with Crippen molar-refractivity contribution in [1.29, 1.82) is 0 Å². The Morgan fingerprint density at radius 3 is 2.69 bits per heavy atom. The Morgan fingerprint density at radius 1 is 1.15 bits per heavy atom. The molecule has 0 atom stereocenters. The first-order valence-electron chi connectivity index (χ1n) is 7.75. The lowest BCUT2D eigenvalue weighted by Gasteiger charge is -2.07. The number of hydrogen-bond acceptors (Lipinski definition) is 5. The number of rotatable bonds is 6. The van der Waals surface area contributed by atoms with Crippen LogP contribution in [0.15, 0.2) is 53.1 Å². The molecule has 0 fully saturated rings. The SMILES string of the molecule is CCOc1ccc(NC(=O)c2ccc(NC(=O)c3ccco3)s2)cc1F. The van der Waals surface area contributed by atoms with Crippen molar-refractivity contribution in [1.82, 2.24) is 0 Å². The maximum atomic E-state index is 13.8. The number of halogens is 1. The third-order valence-electron chi connectivity index (χ3n) is 3.30. The minimum atomic E-state index is -0.553. The summed E-state index contributed by atoms with van der Waals surface area (Å²) in [5.41, 5.74) is 0.311. The smallest absolute Gasteiger partial charge is 0.291 e. The number of carbonyl (C=O) groups excluding carboxylic acids is 2. The average molecular weight is 374 g/mol. The van der Waals surface area contributed by atoms with Crippen LogP contribution < -0.4 is 15.4 Å². The number of hydrogen-bond donors (Lipinski definition) is 2. The van der Waals surface area contributed by atoms with Gasteiger partial charge in [-0.05, 0) is 43.3 Å². The van der Waals surface area contributed by atoms with Gasteiger partial charge in [-0.1, -0.05) is 0 Å². The van der Waals surface area contributed by atoms with Crippen molar-refractivity contribution < 1.29 is 23.1 Å². The van der Waals surface area contributed by atoms with Crippen LogP contribution in [0, 0.1) is 5.82 Å². The molecule has 2 N–H and O–H groups in total. The molecule has 6 nitrogen and oxygen atoms in total. The third kappa shape index (κ3) is 4.09. The van der Waals surface area contributed by atoms with Gasteiger partial charge in [-0.15, -0.1) is 11.3 Å². The van der Waals surface area contributed by atoms with Crippen LogP contribution in [0.4, 0.5) is 15.1 Å². The Labute approximate surface area is 152 Å². The minimum Gasteiger partial charge on any atom is -0.491 e. The Morgan fingerprint density at radius 2 is 2.00 bits per heavy atom. The van der Waals surface area contributed by atoms with E-state index in [-0.39, 0.29) is 11.5 Å². The van der Waals surface area contributed by atoms with Gasteiger partial charge in [0.05, 0.1) is 22.7 Å². The molecule has 2 amide bonds. The van der Waals surface area contributed by atoms with Gasteiger partial charge in [0.1, 0.15) is 0 Å². The quantitative estimate of drug-likeness (QED) is 0.671. The fourth-order valence-corrected chi connectivity index (χ4v) is 2.95. The molecular weight excluding hydrogens is 359 g/mol.